The smallest absolute Gasteiger partial charge is 0.269 e. The van der Waals surface area contributed by atoms with Crippen molar-refractivity contribution in [3.05, 3.63) is 64.1 Å². The van der Waals surface area contributed by atoms with Crippen LogP contribution in [0.3, 0.4) is 0 Å². The van der Waals surface area contributed by atoms with Gasteiger partial charge in [0.25, 0.3) is 5.69 Å². The van der Waals surface area contributed by atoms with Crippen molar-refractivity contribution in [2.75, 3.05) is 6.54 Å². The molecule has 0 spiro atoms. The number of aliphatic hydroxyl groups is 1. The van der Waals surface area contributed by atoms with Crippen LogP contribution < -0.4 is 5.32 Å². The zero-order chi connectivity index (χ0) is 15.2. The second kappa shape index (κ2) is 6.67. The molecule has 0 unspecified atom stereocenters. The quantitative estimate of drug-likeness (QED) is 0.620. The van der Waals surface area contributed by atoms with Crippen molar-refractivity contribution < 1.29 is 19.2 Å². The molecule has 110 valence electrons. The summed E-state index contributed by atoms with van der Waals surface area (Å²) in [6.45, 7) is 0.0152. The highest BCUT2D eigenvalue weighted by molar-refractivity contribution is 5.78. The Morgan fingerprint density at radius 2 is 2.19 bits per heavy atom. The number of nitrogens with zero attached hydrogens (tertiary/aromatic N) is 1. The third-order valence-electron chi connectivity index (χ3n) is 2.85. The number of hydrogen-bond donors (Lipinski definition) is 2. The number of amides is 1. The first-order valence-electron chi connectivity index (χ1n) is 6.28. The molecule has 2 aromatic rings. The van der Waals surface area contributed by atoms with Gasteiger partial charge in [-0.15, -0.1) is 0 Å². The van der Waals surface area contributed by atoms with Gasteiger partial charge in [-0.25, -0.2) is 0 Å². The Kier molecular flexibility index (Phi) is 4.68. The molecule has 0 aliphatic carbocycles. The van der Waals surface area contributed by atoms with E-state index in [9.17, 15) is 20.0 Å². The highest BCUT2D eigenvalue weighted by Crippen LogP contribution is 2.14. The van der Waals surface area contributed by atoms with Gasteiger partial charge < -0.3 is 14.8 Å². The largest absolute Gasteiger partial charge is 0.467 e. The Bertz CT molecular complexity index is 624. The lowest BCUT2D eigenvalue weighted by Crippen LogP contribution is -2.29. The third kappa shape index (κ3) is 4.15. The van der Waals surface area contributed by atoms with Crippen LogP contribution in [0.2, 0.25) is 0 Å². The molecule has 2 N–H and O–H groups in total. The summed E-state index contributed by atoms with van der Waals surface area (Å²) >= 11 is 0. The molecule has 7 heteroatoms. The number of furan rings is 1. The molecule has 1 amide bonds. The van der Waals surface area contributed by atoms with E-state index in [4.69, 9.17) is 4.42 Å². The van der Waals surface area contributed by atoms with Gasteiger partial charge in [0.1, 0.15) is 11.9 Å². The van der Waals surface area contributed by atoms with E-state index in [2.05, 4.69) is 5.32 Å². The number of nitro groups is 1. The third-order valence-corrected chi connectivity index (χ3v) is 2.85. The van der Waals surface area contributed by atoms with Gasteiger partial charge in [0.15, 0.2) is 0 Å². The van der Waals surface area contributed by atoms with Gasteiger partial charge >= 0.3 is 0 Å². The van der Waals surface area contributed by atoms with E-state index in [0.29, 0.717) is 11.3 Å². The standard InChI is InChI=1S/C14H14N2O5/c17-12(13-5-2-6-21-13)9-15-14(18)8-10-3-1-4-11(7-10)16(19)20/h1-7,12,17H,8-9H2,(H,15,18)/t12-/m0/s1. The number of hydrogen-bond acceptors (Lipinski definition) is 5. The summed E-state index contributed by atoms with van der Waals surface area (Å²) in [5, 5.41) is 22.9. The minimum absolute atomic E-state index is 0.00650. The minimum atomic E-state index is -0.922. The average Bonchev–Trinajstić information content (AvgIpc) is 2.99. The Morgan fingerprint density at radius 3 is 2.86 bits per heavy atom. The van der Waals surface area contributed by atoms with E-state index < -0.39 is 11.0 Å². The predicted octanol–water partition coefficient (Wildman–Crippen LogP) is 1.58. The van der Waals surface area contributed by atoms with Crippen molar-refractivity contribution in [1.29, 1.82) is 0 Å². The molecule has 0 saturated carbocycles. The van der Waals surface area contributed by atoms with Gasteiger partial charge in [0.2, 0.25) is 5.91 Å². The Balaban J connectivity index is 1.87. The first kappa shape index (κ1) is 14.7. The number of nitro benzene ring substituents is 1. The maximum atomic E-state index is 11.7. The molecule has 0 aliphatic rings. The second-order valence-electron chi connectivity index (χ2n) is 4.44. The second-order valence-corrected chi connectivity index (χ2v) is 4.44. The van der Waals surface area contributed by atoms with Crippen LogP contribution >= 0.6 is 0 Å². The maximum absolute atomic E-state index is 11.7. The fourth-order valence-corrected chi connectivity index (χ4v) is 1.82. The fourth-order valence-electron chi connectivity index (χ4n) is 1.82. The topological polar surface area (TPSA) is 106 Å². The lowest BCUT2D eigenvalue weighted by Gasteiger charge is -2.09. The first-order valence-corrected chi connectivity index (χ1v) is 6.28. The molecule has 0 aliphatic heterocycles. The summed E-state index contributed by atoms with van der Waals surface area (Å²) in [6, 6.07) is 9.12. The summed E-state index contributed by atoms with van der Waals surface area (Å²) in [7, 11) is 0. The van der Waals surface area contributed by atoms with E-state index in [-0.39, 0.29) is 24.6 Å². The zero-order valence-corrected chi connectivity index (χ0v) is 11.1. The summed E-state index contributed by atoms with van der Waals surface area (Å²) in [5.41, 5.74) is 0.477. The Hall–Kier alpha value is -2.67. The van der Waals surface area contributed by atoms with E-state index in [1.807, 2.05) is 0 Å². The number of non-ortho nitro benzene ring substituents is 1. The Morgan fingerprint density at radius 1 is 1.38 bits per heavy atom. The summed E-state index contributed by atoms with van der Waals surface area (Å²) < 4.78 is 5.01. The monoisotopic (exact) mass is 290 g/mol. The van der Waals surface area contributed by atoms with Crippen LogP contribution in [0.1, 0.15) is 17.4 Å². The van der Waals surface area contributed by atoms with Crippen LogP contribution in [0.4, 0.5) is 5.69 Å². The normalized spacial score (nSPS) is 11.9. The number of carbonyl (C=O) groups excluding carboxylic acids is 1. The average molecular weight is 290 g/mol. The van der Waals surface area contributed by atoms with Crippen LogP contribution in [0.5, 0.6) is 0 Å². The Labute approximate surface area is 120 Å². The molecule has 1 heterocycles. The highest BCUT2D eigenvalue weighted by atomic mass is 16.6. The molecule has 21 heavy (non-hydrogen) atoms. The van der Waals surface area contributed by atoms with Gasteiger partial charge in [-0.2, -0.15) is 0 Å². The molecular weight excluding hydrogens is 276 g/mol. The van der Waals surface area contributed by atoms with Crippen LogP contribution in [0.15, 0.2) is 47.1 Å². The van der Waals surface area contributed by atoms with Crippen molar-refractivity contribution in [1.82, 2.24) is 5.32 Å². The summed E-state index contributed by atoms with van der Waals surface area (Å²) in [5.74, 6) is 0.0340. The van der Waals surface area contributed by atoms with Crippen LogP contribution in [-0.2, 0) is 11.2 Å². The number of benzene rings is 1. The van der Waals surface area contributed by atoms with Crippen molar-refractivity contribution in [2.45, 2.75) is 12.5 Å². The lowest BCUT2D eigenvalue weighted by atomic mass is 10.1. The number of carbonyl (C=O) groups is 1. The molecule has 2 rings (SSSR count). The molecule has 1 aromatic carbocycles. The number of rotatable bonds is 6. The zero-order valence-electron chi connectivity index (χ0n) is 11.1. The molecule has 7 nitrogen and oxygen atoms in total. The first-order chi connectivity index (χ1) is 10.1. The van der Waals surface area contributed by atoms with Crippen molar-refractivity contribution in [2.24, 2.45) is 0 Å². The van der Waals surface area contributed by atoms with Gasteiger partial charge in [0, 0.05) is 12.1 Å². The van der Waals surface area contributed by atoms with Crippen molar-refractivity contribution in [3.63, 3.8) is 0 Å². The van der Waals surface area contributed by atoms with Crippen molar-refractivity contribution in [3.8, 4) is 0 Å². The molecule has 0 bridgehead atoms. The van der Waals surface area contributed by atoms with Gasteiger partial charge in [-0.05, 0) is 17.7 Å². The lowest BCUT2D eigenvalue weighted by molar-refractivity contribution is -0.384. The molecule has 1 aromatic heterocycles. The van der Waals surface area contributed by atoms with E-state index in [1.165, 1.54) is 24.5 Å². The fraction of sp³-hybridized carbons (Fsp3) is 0.214. The molecule has 1 atom stereocenters. The molecular formula is C14H14N2O5. The van der Waals surface area contributed by atoms with Gasteiger partial charge in [0.05, 0.1) is 24.2 Å². The molecule has 0 saturated heterocycles. The predicted molar refractivity (Wildman–Crippen MR) is 73.5 cm³/mol. The van der Waals surface area contributed by atoms with Gasteiger partial charge in [-0.1, -0.05) is 12.1 Å². The SMILES string of the molecule is O=C(Cc1cccc([N+](=O)[O-])c1)NC[C@H](O)c1ccco1. The van der Waals surface area contributed by atoms with E-state index in [1.54, 1.807) is 18.2 Å². The number of aliphatic hydroxyl groups excluding tert-OH is 1. The van der Waals surface area contributed by atoms with Gasteiger partial charge in [-0.3, -0.25) is 14.9 Å². The van der Waals surface area contributed by atoms with Crippen LogP contribution in [0.25, 0.3) is 0 Å². The number of nitrogens with one attached hydrogen (secondary N) is 1. The van der Waals surface area contributed by atoms with Crippen molar-refractivity contribution >= 4 is 11.6 Å². The summed E-state index contributed by atoms with van der Waals surface area (Å²) in [6.07, 6.45) is 0.518. The van der Waals surface area contributed by atoms with E-state index in [0.717, 1.165) is 0 Å². The minimum Gasteiger partial charge on any atom is -0.467 e. The maximum Gasteiger partial charge on any atom is 0.269 e. The van der Waals surface area contributed by atoms with Crippen LogP contribution in [0, 0.1) is 10.1 Å². The molecule has 0 radical (unpaired) electrons. The molecule has 0 fully saturated rings. The van der Waals surface area contributed by atoms with Crippen LogP contribution in [-0.4, -0.2) is 22.5 Å². The summed E-state index contributed by atoms with van der Waals surface area (Å²) in [4.78, 5) is 21.9. The highest BCUT2D eigenvalue weighted by Gasteiger charge is 2.13. The van der Waals surface area contributed by atoms with E-state index >= 15 is 0 Å².